The second-order valence-electron chi connectivity index (χ2n) is 3.96. The minimum Gasteiger partial charge on any atom is -0.477 e. The zero-order chi connectivity index (χ0) is 15.0. The van der Waals surface area contributed by atoms with Crippen LogP contribution < -0.4 is 5.43 Å². The van der Waals surface area contributed by atoms with Gasteiger partial charge in [-0.15, -0.1) is 0 Å². The van der Waals surface area contributed by atoms with E-state index in [4.69, 9.17) is 10.2 Å². The van der Waals surface area contributed by atoms with Gasteiger partial charge in [0.2, 0.25) is 0 Å². The fourth-order valence-corrected chi connectivity index (χ4v) is 1.95. The molecule has 0 fully saturated rings. The number of aromatic nitrogens is 1. The third-order valence-electron chi connectivity index (χ3n) is 2.77. The first kappa shape index (κ1) is 14.1. The summed E-state index contributed by atoms with van der Waals surface area (Å²) in [6.45, 7) is -0.961. The summed E-state index contributed by atoms with van der Waals surface area (Å²) in [4.78, 5) is 22.7. The van der Waals surface area contributed by atoms with Crippen LogP contribution in [0.3, 0.4) is 0 Å². The van der Waals surface area contributed by atoms with Gasteiger partial charge in [0.05, 0.1) is 17.5 Å². The maximum atomic E-state index is 13.8. The number of hydrogen-bond acceptors (Lipinski definition) is 3. The van der Waals surface area contributed by atoms with Gasteiger partial charge in [0.25, 0.3) is 0 Å². The molecule has 0 saturated carbocycles. The number of pyridine rings is 1. The molecule has 0 atom stereocenters. The lowest BCUT2D eigenvalue weighted by molar-refractivity contribution is 0.0683. The number of aliphatic hydroxyl groups is 1. The molecule has 2 aromatic rings. The number of aromatic carboxylic acids is 1. The van der Waals surface area contributed by atoms with Crippen molar-refractivity contribution in [3.63, 3.8) is 0 Å². The van der Waals surface area contributed by atoms with Crippen molar-refractivity contribution in [2.24, 2.45) is 0 Å². The van der Waals surface area contributed by atoms with Crippen LogP contribution in [0.15, 0.2) is 16.9 Å². The lowest BCUT2D eigenvalue weighted by atomic mass is 10.1. The molecule has 0 amide bonds. The molecule has 5 nitrogen and oxygen atoms in total. The molecule has 2 rings (SSSR count). The molecular formula is C12H8F3NO4. The zero-order valence-electron chi connectivity index (χ0n) is 9.86. The van der Waals surface area contributed by atoms with Gasteiger partial charge in [-0.1, -0.05) is 0 Å². The maximum Gasteiger partial charge on any atom is 0.352 e. The summed E-state index contributed by atoms with van der Waals surface area (Å²) in [5.74, 6) is -6.59. The Hall–Kier alpha value is -2.35. The number of rotatable bonds is 3. The number of hydrogen-bond donors (Lipinski definition) is 2. The van der Waals surface area contributed by atoms with E-state index in [9.17, 15) is 22.8 Å². The largest absolute Gasteiger partial charge is 0.477 e. The van der Waals surface area contributed by atoms with E-state index in [0.717, 1.165) is 4.57 Å². The van der Waals surface area contributed by atoms with Crippen molar-refractivity contribution < 1.29 is 28.2 Å². The Bertz CT molecular complexity index is 770. The molecule has 106 valence electrons. The Balaban J connectivity index is 3.05. The minimum absolute atomic E-state index is 0.388. The number of aliphatic hydroxyl groups excluding tert-OH is 1. The normalized spacial score (nSPS) is 11.0. The Morgan fingerprint density at radius 2 is 1.85 bits per heavy atom. The van der Waals surface area contributed by atoms with Crippen molar-refractivity contribution in [3.05, 3.63) is 45.5 Å². The van der Waals surface area contributed by atoms with Gasteiger partial charge >= 0.3 is 5.97 Å². The molecule has 0 spiro atoms. The number of carbonyl (C=O) groups is 1. The highest BCUT2D eigenvalue weighted by Gasteiger charge is 2.21. The number of carboxylic acid groups (broad SMARTS) is 1. The van der Waals surface area contributed by atoms with E-state index in [-0.39, 0.29) is 6.54 Å². The van der Waals surface area contributed by atoms with E-state index in [2.05, 4.69) is 0 Å². The SMILES string of the molecule is O=C(O)c1cc(=O)c2cc(F)c(F)c(F)c2n1CCO. The molecule has 1 aromatic heterocycles. The van der Waals surface area contributed by atoms with Crippen molar-refractivity contribution in [1.82, 2.24) is 4.57 Å². The summed E-state index contributed by atoms with van der Waals surface area (Å²) in [5, 5.41) is 17.3. The molecule has 0 bridgehead atoms. The molecule has 2 N–H and O–H groups in total. The van der Waals surface area contributed by atoms with Crippen LogP contribution in [0.4, 0.5) is 13.2 Å². The van der Waals surface area contributed by atoms with E-state index in [1.54, 1.807) is 0 Å². The van der Waals surface area contributed by atoms with Crippen LogP contribution in [0.2, 0.25) is 0 Å². The molecule has 0 aliphatic carbocycles. The highest BCUT2D eigenvalue weighted by molar-refractivity contribution is 5.90. The molecule has 20 heavy (non-hydrogen) atoms. The predicted octanol–water partition coefficient (Wildman–Crippen LogP) is 1.11. The van der Waals surface area contributed by atoms with Crippen molar-refractivity contribution in [2.75, 3.05) is 6.61 Å². The summed E-state index contributed by atoms with van der Waals surface area (Å²) in [6.07, 6.45) is 0. The van der Waals surface area contributed by atoms with Crippen LogP contribution in [0, 0.1) is 17.5 Å². The van der Waals surface area contributed by atoms with Crippen molar-refractivity contribution in [1.29, 1.82) is 0 Å². The van der Waals surface area contributed by atoms with Gasteiger partial charge in [0, 0.05) is 12.6 Å². The third kappa shape index (κ3) is 2.03. The molecule has 0 radical (unpaired) electrons. The second kappa shape index (κ2) is 4.97. The van der Waals surface area contributed by atoms with Gasteiger partial charge in [-0.2, -0.15) is 0 Å². The van der Waals surface area contributed by atoms with Crippen molar-refractivity contribution in [2.45, 2.75) is 6.54 Å². The van der Waals surface area contributed by atoms with E-state index in [1.807, 2.05) is 0 Å². The molecule has 8 heteroatoms. The smallest absolute Gasteiger partial charge is 0.352 e. The number of halogens is 3. The average molecular weight is 287 g/mol. The summed E-state index contributed by atoms with van der Waals surface area (Å²) in [6, 6.07) is 1.16. The maximum absolute atomic E-state index is 13.8. The van der Waals surface area contributed by atoms with Gasteiger partial charge in [0.15, 0.2) is 22.9 Å². The molecule has 0 aliphatic rings. The fraction of sp³-hybridized carbons (Fsp3) is 0.167. The molecular weight excluding hydrogens is 279 g/mol. The van der Waals surface area contributed by atoms with Crippen molar-refractivity contribution in [3.8, 4) is 0 Å². The summed E-state index contributed by atoms with van der Waals surface area (Å²) < 4.78 is 40.9. The van der Waals surface area contributed by atoms with Crippen LogP contribution in [0.1, 0.15) is 10.5 Å². The summed E-state index contributed by atoms with van der Waals surface area (Å²) in [5.41, 5.74) is -2.27. The van der Waals surface area contributed by atoms with Crippen LogP contribution in [-0.2, 0) is 6.54 Å². The van der Waals surface area contributed by atoms with Gasteiger partial charge in [0.1, 0.15) is 5.69 Å². The van der Waals surface area contributed by atoms with E-state index >= 15 is 0 Å². The van der Waals surface area contributed by atoms with Crippen molar-refractivity contribution >= 4 is 16.9 Å². The lowest BCUT2D eigenvalue weighted by Crippen LogP contribution is -2.21. The van der Waals surface area contributed by atoms with Gasteiger partial charge in [-0.25, -0.2) is 18.0 Å². The average Bonchev–Trinajstić information content (AvgIpc) is 2.39. The van der Waals surface area contributed by atoms with E-state index in [0.29, 0.717) is 12.1 Å². The number of benzene rings is 1. The fourth-order valence-electron chi connectivity index (χ4n) is 1.95. The first-order valence-electron chi connectivity index (χ1n) is 5.43. The number of carboxylic acids is 1. The Labute approximate surface area is 109 Å². The van der Waals surface area contributed by atoms with Crippen LogP contribution in [0.5, 0.6) is 0 Å². The van der Waals surface area contributed by atoms with Gasteiger partial charge in [-0.3, -0.25) is 4.79 Å². The highest BCUT2D eigenvalue weighted by Crippen LogP contribution is 2.22. The standard InChI is InChI=1S/C12H8F3NO4/c13-6-3-5-8(18)4-7(12(19)20)16(1-2-17)11(5)10(15)9(6)14/h3-4,17H,1-2H2,(H,19,20). The van der Waals surface area contributed by atoms with E-state index in [1.165, 1.54) is 0 Å². The molecule has 1 heterocycles. The van der Waals surface area contributed by atoms with Gasteiger partial charge in [-0.05, 0) is 6.07 Å². The quantitative estimate of drug-likeness (QED) is 0.829. The summed E-state index contributed by atoms with van der Waals surface area (Å²) >= 11 is 0. The number of fused-ring (bicyclic) bond motifs is 1. The molecule has 0 unspecified atom stereocenters. The summed E-state index contributed by atoms with van der Waals surface area (Å²) in [7, 11) is 0. The Kier molecular flexibility index (Phi) is 3.49. The topological polar surface area (TPSA) is 79.5 Å². The van der Waals surface area contributed by atoms with E-state index < -0.39 is 52.1 Å². The van der Waals surface area contributed by atoms with Crippen LogP contribution in [-0.4, -0.2) is 27.4 Å². The minimum atomic E-state index is -1.81. The first-order valence-corrected chi connectivity index (χ1v) is 5.43. The predicted molar refractivity (Wildman–Crippen MR) is 62.1 cm³/mol. The van der Waals surface area contributed by atoms with Crippen LogP contribution >= 0.6 is 0 Å². The van der Waals surface area contributed by atoms with Crippen LogP contribution in [0.25, 0.3) is 10.9 Å². The molecule has 1 aromatic carbocycles. The zero-order valence-corrected chi connectivity index (χ0v) is 9.86. The molecule has 0 saturated heterocycles. The Morgan fingerprint density at radius 3 is 2.40 bits per heavy atom. The monoisotopic (exact) mass is 287 g/mol. The number of nitrogens with zero attached hydrogens (tertiary/aromatic N) is 1. The van der Waals surface area contributed by atoms with Gasteiger partial charge < -0.3 is 14.8 Å². The molecule has 0 aliphatic heterocycles. The third-order valence-corrected chi connectivity index (χ3v) is 2.77. The lowest BCUT2D eigenvalue weighted by Gasteiger charge is -2.14. The highest BCUT2D eigenvalue weighted by atomic mass is 19.2. The Morgan fingerprint density at radius 1 is 1.20 bits per heavy atom. The first-order chi connectivity index (χ1) is 9.38. The second-order valence-corrected chi connectivity index (χ2v) is 3.96.